The highest BCUT2D eigenvalue weighted by Gasteiger charge is 2.54. The molecule has 4 saturated heterocycles. The highest BCUT2D eigenvalue weighted by Crippen LogP contribution is 2.48. The summed E-state index contributed by atoms with van der Waals surface area (Å²) in [5, 5.41) is 0. The van der Waals surface area contributed by atoms with Crippen LogP contribution in [0.15, 0.2) is 24.3 Å². The maximum atomic E-state index is 5.37. The molecule has 4 heterocycles. The van der Waals surface area contributed by atoms with E-state index in [1.165, 1.54) is 63.7 Å². The average molecular weight is 326 g/mol. The first kappa shape index (κ1) is 15.2. The first-order valence-corrected chi connectivity index (χ1v) is 9.99. The van der Waals surface area contributed by atoms with E-state index in [1.807, 2.05) is 0 Å². The molecule has 3 heteroatoms. The molecule has 0 unspecified atom stereocenters. The zero-order chi connectivity index (χ0) is 16.1. The highest BCUT2D eigenvalue weighted by molar-refractivity contribution is 5.33. The van der Waals surface area contributed by atoms with Gasteiger partial charge in [-0.2, -0.15) is 0 Å². The number of nitrogens with zero attached hydrogens (tertiary/aromatic N) is 2. The first-order valence-electron chi connectivity index (χ1n) is 9.99. The van der Waals surface area contributed by atoms with Crippen molar-refractivity contribution in [2.75, 3.05) is 26.7 Å². The van der Waals surface area contributed by atoms with Gasteiger partial charge in [0.05, 0.1) is 7.11 Å². The number of hydrogen-bond donors (Lipinski definition) is 0. The van der Waals surface area contributed by atoms with Crippen molar-refractivity contribution in [1.82, 2.24) is 9.80 Å². The van der Waals surface area contributed by atoms with Crippen LogP contribution < -0.4 is 4.74 Å². The van der Waals surface area contributed by atoms with Crippen LogP contribution >= 0.6 is 0 Å². The summed E-state index contributed by atoms with van der Waals surface area (Å²) in [7, 11) is 1.76. The zero-order valence-corrected chi connectivity index (χ0v) is 14.9. The summed E-state index contributed by atoms with van der Waals surface area (Å²) in [6.45, 7) is 3.94. The summed E-state index contributed by atoms with van der Waals surface area (Å²) in [6, 6.07) is 11.4. The quantitative estimate of drug-likeness (QED) is 0.845. The lowest BCUT2D eigenvalue weighted by Gasteiger charge is -2.52. The Morgan fingerprint density at radius 1 is 0.917 bits per heavy atom. The molecule has 0 N–H and O–H groups in total. The van der Waals surface area contributed by atoms with Gasteiger partial charge in [0.15, 0.2) is 0 Å². The molecule has 6 rings (SSSR count). The van der Waals surface area contributed by atoms with Gasteiger partial charge in [0.1, 0.15) is 5.75 Å². The van der Waals surface area contributed by atoms with E-state index in [4.69, 9.17) is 4.74 Å². The van der Waals surface area contributed by atoms with Crippen LogP contribution in [0, 0.1) is 5.92 Å². The van der Waals surface area contributed by atoms with E-state index in [0.29, 0.717) is 5.92 Å². The summed E-state index contributed by atoms with van der Waals surface area (Å²) in [4.78, 5) is 5.79. The molecule has 24 heavy (non-hydrogen) atoms. The van der Waals surface area contributed by atoms with E-state index in [0.717, 1.165) is 29.8 Å². The van der Waals surface area contributed by atoms with Crippen molar-refractivity contribution in [2.24, 2.45) is 5.92 Å². The van der Waals surface area contributed by atoms with E-state index in [2.05, 4.69) is 34.1 Å². The van der Waals surface area contributed by atoms with E-state index in [-0.39, 0.29) is 0 Å². The Hall–Kier alpha value is -1.06. The third-order valence-electron chi connectivity index (χ3n) is 7.37. The number of methoxy groups -OCH3 is 1. The van der Waals surface area contributed by atoms with Crippen molar-refractivity contribution in [3.63, 3.8) is 0 Å². The van der Waals surface area contributed by atoms with Crippen LogP contribution in [-0.2, 0) is 0 Å². The van der Waals surface area contributed by atoms with Gasteiger partial charge in [0.2, 0.25) is 0 Å². The third kappa shape index (κ3) is 2.32. The molecular weight excluding hydrogens is 296 g/mol. The largest absolute Gasteiger partial charge is 0.497 e. The van der Waals surface area contributed by atoms with Crippen LogP contribution in [0.4, 0.5) is 0 Å². The van der Waals surface area contributed by atoms with Crippen LogP contribution in [-0.4, -0.2) is 54.7 Å². The normalized spacial score (nSPS) is 39.3. The van der Waals surface area contributed by atoms with Crippen molar-refractivity contribution in [2.45, 2.75) is 62.6 Å². The van der Waals surface area contributed by atoms with Crippen molar-refractivity contribution in [1.29, 1.82) is 0 Å². The summed E-state index contributed by atoms with van der Waals surface area (Å²) in [5.41, 5.74) is 1.53. The monoisotopic (exact) mass is 326 g/mol. The molecule has 3 atom stereocenters. The van der Waals surface area contributed by atoms with Gasteiger partial charge in [-0.1, -0.05) is 25.0 Å². The van der Waals surface area contributed by atoms with Gasteiger partial charge in [-0.3, -0.25) is 9.80 Å². The molecule has 5 fully saturated rings. The average Bonchev–Trinajstić information content (AvgIpc) is 3.31. The number of benzene rings is 1. The van der Waals surface area contributed by atoms with E-state index in [1.54, 1.807) is 7.11 Å². The van der Waals surface area contributed by atoms with Gasteiger partial charge in [0.25, 0.3) is 0 Å². The Kier molecular flexibility index (Phi) is 3.82. The molecule has 0 amide bonds. The molecule has 0 radical (unpaired) electrons. The Balaban J connectivity index is 1.48. The fourth-order valence-corrected chi connectivity index (χ4v) is 6.25. The van der Waals surface area contributed by atoms with Crippen molar-refractivity contribution in [3.8, 4) is 5.75 Å². The molecule has 0 spiro atoms. The minimum Gasteiger partial charge on any atom is -0.497 e. The van der Waals surface area contributed by atoms with Crippen LogP contribution in [0.2, 0.25) is 0 Å². The van der Waals surface area contributed by atoms with Gasteiger partial charge in [-0.15, -0.1) is 0 Å². The Morgan fingerprint density at radius 3 is 2.29 bits per heavy atom. The molecule has 1 aliphatic carbocycles. The molecule has 0 aromatic heterocycles. The summed E-state index contributed by atoms with van der Waals surface area (Å²) in [6.07, 6.45) is 8.62. The second kappa shape index (κ2) is 6.03. The number of piperidine rings is 3. The van der Waals surface area contributed by atoms with Crippen molar-refractivity contribution >= 4 is 0 Å². The Labute approximate surface area is 146 Å². The number of rotatable bonds is 3. The Bertz CT molecular complexity index is 572. The van der Waals surface area contributed by atoms with Crippen molar-refractivity contribution in [3.05, 3.63) is 29.8 Å². The predicted molar refractivity (Wildman–Crippen MR) is 96.6 cm³/mol. The van der Waals surface area contributed by atoms with Crippen molar-refractivity contribution < 1.29 is 4.74 Å². The van der Waals surface area contributed by atoms with Gasteiger partial charge in [-0.05, 0) is 62.4 Å². The van der Waals surface area contributed by atoms with E-state index >= 15 is 0 Å². The molecule has 3 nitrogen and oxygen atoms in total. The first-order chi connectivity index (χ1) is 11.8. The van der Waals surface area contributed by atoms with Gasteiger partial charge < -0.3 is 4.74 Å². The minimum atomic E-state index is 0.685. The fourth-order valence-electron chi connectivity index (χ4n) is 6.25. The van der Waals surface area contributed by atoms with Crippen LogP contribution in [0.3, 0.4) is 0 Å². The lowest BCUT2D eigenvalue weighted by atomic mass is 9.75. The molecule has 5 aliphatic rings. The van der Waals surface area contributed by atoms with Crippen LogP contribution in [0.25, 0.3) is 0 Å². The second-order valence-corrected chi connectivity index (χ2v) is 8.37. The minimum absolute atomic E-state index is 0.685. The highest BCUT2D eigenvalue weighted by atomic mass is 16.5. The SMILES string of the molecule is COc1ccc([C@@H]2CN(C3CCCC3)[C@@H]3C4CCN(CC4)[C@@H]32)cc1. The number of hydrogen-bond acceptors (Lipinski definition) is 3. The topological polar surface area (TPSA) is 15.7 Å². The third-order valence-corrected chi connectivity index (χ3v) is 7.37. The second-order valence-electron chi connectivity index (χ2n) is 8.37. The summed E-state index contributed by atoms with van der Waals surface area (Å²) < 4.78 is 5.37. The Morgan fingerprint density at radius 2 is 1.62 bits per heavy atom. The van der Waals surface area contributed by atoms with Crippen LogP contribution in [0.1, 0.15) is 50.0 Å². The van der Waals surface area contributed by atoms with Crippen LogP contribution in [0.5, 0.6) is 5.75 Å². The van der Waals surface area contributed by atoms with Gasteiger partial charge in [-0.25, -0.2) is 0 Å². The molecule has 2 bridgehead atoms. The maximum Gasteiger partial charge on any atom is 0.118 e. The fraction of sp³-hybridized carbons (Fsp3) is 0.714. The number of likely N-dealkylation sites (tertiary alicyclic amines) is 1. The molecular formula is C21H30N2O. The molecule has 4 aliphatic heterocycles. The predicted octanol–water partition coefficient (Wildman–Crippen LogP) is 3.50. The van der Waals surface area contributed by atoms with Gasteiger partial charge in [0, 0.05) is 30.6 Å². The molecule has 1 aromatic carbocycles. The number of fused-ring (bicyclic) bond motifs is 2. The lowest BCUT2D eigenvalue weighted by Crippen LogP contribution is -2.61. The van der Waals surface area contributed by atoms with E-state index in [9.17, 15) is 0 Å². The maximum absolute atomic E-state index is 5.37. The number of ether oxygens (including phenoxy) is 1. The smallest absolute Gasteiger partial charge is 0.118 e. The summed E-state index contributed by atoms with van der Waals surface area (Å²) in [5.74, 6) is 2.61. The molecule has 1 saturated carbocycles. The zero-order valence-electron chi connectivity index (χ0n) is 14.9. The molecule has 130 valence electrons. The summed E-state index contributed by atoms with van der Waals surface area (Å²) >= 11 is 0. The van der Waals surface area contributed by atoms with E-state index < -0.39 is 0 Å². The lowest BCUT2D eigenvalue weighted by molar-refractivity contribution is -0.0178. The molecule has 1 aromatic rings. The standard InChI is InChI=1S/C21H30N2O/c1-24-18-8-6-15(7-9-18)19-14-23(17-4-2-3-5-17)20-16-10-12-22(13-11-16)21(19)20/h6-9,16-17,19-21H,2-5,10-14H2,1H3/t19-,20+,21+/m0/s1. The van der Waals surface area contributed by atoms with Gasteiger partial charge >= 0.3 is 0 Å².